The van der Waals surface area contributed by atoms with Gasteiger partial charge in [0, 0.05) is 20.1 Å². The van der Waals surface area contributed by atoms with Crippen LogP contribution in [0.1, 0.15) is 12.8 Å². The summed E-state index contributed by atoms with van der Waals surface area (Å²) in [6.07, 6.45) is -0.407. The van der Waals surface area contributed by atoms with E-state index in [1.54, 1.807) is 7.11 Å². The zero-order valence-corrected chi connectivity index (χ0v) is 8.16. The Kier molecular flexibility index (Phi) is 6.69. The molecule has 2 amide bonds. The summed E-state index contributed by atoms with van der Waals surface area (Å²) in [6.45, 7) is 0.368. The molecule has 0 spiro atoms. The van der Waals surface area contributed by atoms with Gasteiger partial charge in [-0.25, -0.2) is 0 Å². The molecule has 0 aromatic carbocycles. The van der Waals surface area contributed by atoms with E-state index in [1.165, 1.54) is 0 Å². The van der Waals surface area contributed by atoms with Crippen LogP contribution < -0.4 is 11.1 Å². The number of nitrogens with two attached hydrogens (primary N) is 1. The van der Waals surface area contributed by atoms with Crippen molar-refractivity contribution in [1.82, 2.24) is 5.32 Å². The Morgan fingerprint density at radius 1 is 1.57 bits per heavy atom. The molecule has 6 nitrogen and oxygen atoms in total. The number of aliphatic hydroxyl groups excluding tert-OH is 1. The molecule has 6 heteroatoms. The first kappa shape index (κ1) is 12.9. The van der Waals surface area contributed by atoms with Crippen LogP contribution in [-0.2, 0) is 14.3 Å². The number of methoxy groups -OCH3 is 1. The Labute approximate surface area is 82.4 Å². The average molecular weight is 204 g/mol. The van der Waals surface area contributed by atoms with Crippen molar-refractivity contribution in [2.24, 2.45) is 5.73 Å². The van der Waals surface area contributed by atoms with Crippen LogP contribution in [0, 0.1) is 0 Å². The van der Waals surface area contributed by atoms with Gasteiger partial charge in [-0.1, -0.05) is 0 Å². The highest BCUT2D eigenvalue weighted by Crippen LogP contribution is 1.89. The van der Waals surface area contributed by atoms with Gasteiger partial charge >= 0.3 is 0 Å². The van der Waals surface area contributed by atoms with Crippen LogP contribution in [0.4, 0.5) is 0 Å². The van der Waals surface area contributed by atoms with Gasteiger partial charge in [-0.05, 0) is 6.42 Å². The van der Waals surface area contributed by atoms with Crippen molar-refractivity contribution in [1.29, 1.82) is 0 Å². The van der Waals surface area contributed by atoms with Crippen molar-refractivity contribution >= 4 is 11.8 Å². The highest BCUT2D eigenvalue weighted by atomic mass is 16.5. The van der Waals surface area contributed by atoms with Crippen LogP contribution in [0.25, 0.3) is 0 Å². The molecule has 1 atom stereocenters. The lowest BCUT2D eigenvalue weighted by atomic mass is 10.3. The lowest BCUT2D eigenvalue weighted by molar-refractivity contribution is -0.127. The van der Waals surface area contributed by atoms with Gasteiger partial charge in [0.25, 0.3) is 0 Å². The molecule has 0 rings (SSSR count). The Hall–Kier alpha value is -1.14. The van der Waals surface area contributed by atoms with Crippen LogP contribution in [0.5, 0.6) is 0 Å². The van der Waals surface area contributed by atoms with Gasteiger partial charge in [0.05, 0.1) is 6.54 Å². The molecule has 0 heterocycles. The zero-order chi connectivity index (χ0) is 11.0. The lowest BCUT2D eigenvalue weighted by Gasteiger charge is -2.07. The normalized spacial score (nSPS) is 12.1. The second kappa shape index (κ2) is 7.28. The van der Waals surface area contributed by atoms with Gasteiger partial charge in [0.1, 0.15) is 6.10 Å². The summed E-state index contributed by atoms with van der Waals surface area (Å²) in [7, 11) is 1.55. The molecule has 0 aliphatic heterocycles. The van der Waals surface area contributed by atoms with Crippen LogP contribution in [0.3, 0.4) is 0 Å². The second-order valence-corrected chi connectivity index (χ2v) is 2.82. The SMILES string of the molecule is COCCCC(=O)NCC(O)C(N)=O. The third-order valence-electron chi connectivity index (χ3n) is 1.57. The topological polar surface area (TPSA) is 102 Å². The van der Waals surface area contributed by atoms with E-state index in [0.29, 0.717) is 19.4 Å². The third-order valence-corrected chi connectivity index (χ3v) is 1.57. The fraction of sp³-hybridized carbons (Fsp3) is 0.750. The molecule has 82 valence electrons. The quantitative estimate of drug-likeness (QED) is 0.433. The Morgan fingerprint density at radius 2 is 2.21 bits per heavy atom. The van der Waals surface area contributed by atoms with E-state index in [-0.39, 0.29) is 12.5 Å². The van der Waals surface area contributed by atoms with E-state index in [4.69, 9.17) is 15.6 Å². The third kappa shape index (κ3) is 6.38. The first-order chi connectivity index (χ1) is 6.57. The summed E-state index contributed by atoms with van der Waals surface area (Å²) in [5.74, 6) is -1.08. The number of hydrogen-bond donors (Lipinski definition) is 3. The Balaban J connectivity index is 3.48. The smallest absolute Gasteiger partial charge is 0.248 e. The monoisotopic (exact) mass is 204 g/mol. The van der Waals surface area contributed by atoms with Crippen LogP contribution in [0.15, 0.2) is 0 Å². The number of primary amides is 1. The van der Waals surface area contributed by atoms with Gasteiger partial charge in [-0.3, -0.25) is 9.59 Å². The summed E-state index contributed by atoms with van der Waals surface area (Å²) in [6, 6.07) is 0. The van der Waals surface area contributed by atoms with Gasteiger partial charge < -0.3 is 20.9 Å². The van der Waals surface area contributed by atoms with E-state index in [0.717, 1.165) is 0 Å². The average Bonchev–Trinajstić information content (AvgIpc) is 2.14. The molecule has 0 bridgehead atoms. The fourth-order valence-corrected chi connectivity index (χ4v) is 0.777. The van der Waals surface area contributed by atoms with Crippen molar-refractivity contribution in [3.63, 3.8) is 0 Å². The maximum Gasteiger partial charge on any atom is 0.248 e. The van der Waals surface area contributed by atoms with Crippen LogP contribution in [-0.4, -0.2) is 43.3 Å². The number of amides is 2. The van der Waals surface area contributed by atoms with E-state index < -0.39 is 12.0 Å². The maximum atomic E-state index is 11.0. The fourth-order valence-electron chi connectivity index (χ4n) is 0.777. The van der Waals surface area contributed by atoms with Gasteiger partial charge in [0.15, 0.2) is 0 Å². The molecule has 14 heavy (non-hydrogen) atoms. The number of hydrogen-bond acceptors (Lipinski definition) is 4. The highest BCUT2D eigenvalue weighted by molar-refractivity contribution is 5.80. The Morgan fingerprint density at radius 3 is 2.71 bits per heavy atom. The predicted octanol–water partition coefficient (Wildman–Crippen LogP) is -1.62. The number of carbonyl (C=O) groups is 2. The molecular formula is C8H16N2O4. The van der Waals surface area contributed by atoms with Crippen molar-refractivity contribution in [2.75, 3.05) is 20.3 Å². The summed E-state index contributed by atoms with van der Waals surface area (Å²) in [5.41, 5.74) is 4.78. The summed E-state index contributed by atoms with van der Waals surface area (Å²) in [4.78, 5) is 21.4. The summed E-state index contributed by atoms with van der Waals surface area (Å²) < 4.78 is 4.75. The molecule has 0 aromatic heterocycles. The van der Waals surface area contributed by atoms with Crippen molar-refractivity contribution < 1.29 is 19.4 Å². The first-order valence-electron chi connectivity index (χ1n) is 4.31. The zero-order valence-electron chi connectivity index (χ0n) is 8.16. The summed E-state index contributed by atoms with van der Waals surface area (Å²) in [5, 5.41) is 11.3. The Bertz CT molecular complexity index is 196. The minimum absolute atomic E-state index is 0.138. The molecule has 4 N–H and O–H groups in total. The molecule has 0 radical (unpaired) electrons. The minimum Gasteiger partial charge on any atom is -0.385 e. The molecule has 0 aliphatic carbocycles. The standard InChI is InChI=1S/C8H16N2O4/c1-14-4-2-3-7(12)10-5-6(11)8(9)13/h6,11H,2-5H2,1H3,(H2,9,13)(H,10,12). The van der Waals surface area contributed by atoms with Crippen LogP contribution >= 0.6 is 0 Å². The van der Waals surface area contributed by atoms with E-state index in [9.17, 15) is 9.59 Å². The number of rotatable bonds is 7. The van der Waals surface area contributed by atoms with Crippen LogP contribution in [0.2, 0.25) is 0 Å². The van der Waals surface area contributed by atoms with E-state index >= 15 is 0 Å². The molecule has 1 unspecified atom stereocenters. The van der Waals surface area contributed by atoms with Crippen molar-refractivity contribution in [3.8, 4) is 0 Å². The molecule has 0 saturated carbocycles. The predicted molar refractivity (Wildman–Crippen MR) is 49.3 cm³/mol. The van der Waals surface area contributed by atoms with E-state index in [1.807, 2.05) is 0 Å². The van der Waals surface area contributed by atoms with Gasteiger partial charge in [0.2, 0.25) is 11.8 Å². The van der Waals surface area contributed by atoms with Gasteiger partial charge in [-0.15, -0.1) is 0 Å². The molecular weight excluding hydrogens is 188 g/mol. The summed E-state index contributed by atoms with van der Waals surface area (Å²) >= 11 is 0. The largest absolute Gasteiger partial charge is 0.385 e. The van der Waals surface area contributed by atoms with E-state index in [2.05, 4.69) is 5.32 Å². The molecule has 0 aromatic rings. The van der Waals surface area contributed by atoms with Crippen molar-refractivity contribution in [3.05, 3.63) is 0 Å². The minimum atomic E-state index is -1.32. The molecule has 0 saturated heterocycles. The number of nitrogens with one attached hydrogen (secondary N) is 1. The number of carbonyl (C=O) groups excluding carboxylic acids is 2. The lowest BCUT2D eigenvalue weighted by Crippen LogP contribution is -2.39. The number of ether oxygens (including phenoxy) is 1. The molecule has 0 fully saturated rings. The second-order valence-electron chi connectivity index (χ2n) is 2.82. The maximum absolute atomic E-state index is 11.0. The highest BCUT2D eigenvalue weighted by Gasteiger charge is 2.11. The first-order valence-corrected chi connectivity index (χ1v) is 4.31. The molecule has 0 aliphatic rings. The van der Waals surface area contributed by atoms with Crippen molar-refractivity contribution in [2.45, 2.75) is 18.9 Å². The number of aliphatic hydroxyl groups is 1. The van der Waals surface area contributed by atoms with Gasteiger partial charge in [-0.2, -0.15) is 0 Å².